The van der Waals surface area contributed by atoms with E-state index in [-0.39, 0.29) is 23.8 Å². The van der Waals surface area contributed by atoms with Gasteiger partial charge in [-0.1, -0.05) is 32.9 Å². The van der Waals surface area contributed by atoms with Gasteiger partial charge < -0.3 is 20.9 Å². The van der Waals surface area contributed by atoms with Gasteiger partial charge >= 0.3 is 0 Å². The summed E-state index contributed by atoms with van der Waals surface area (Å²) in [5.41, 5.74) is 1.88. The zero-order chi connectivity index (χ0) is 21.2. The number of hydrogen-bond acceptors (Lipinski definition) is 3. The van der Waals surface area contributed by atoms with Gasteiger partial charge in [-0.25, -0.2) is 4.99 Å². The van der Waals surface area contributed by atoms with Crippen molar-refractivity contribution in [2.24, 2.45) is 10.9 Å². The highest BCUT2D eigenvalue weighted by Gasteiger charge is 2.27. The average Bonchev–Trinajstić information content (AvgIpc) is 3.15. The Morgan fingerprint density at radius 1 is 1.21 bits per heavy atom. The van der Waals surface area contributed by atoms with Gasteiger partial charge in [-0.2, -0.15) is 0 Å². The quantitative estimate of drug-likeness (QED) is 0.462. The van der Waals surface area contributed by atoms with Crippen LogP contribution in [-0.2, 0) is 16.1 Å². The van der Waals surface area contributed by atoms with E-state index >= 15 is 0 Å². The molecule has 0 radical (unpaired) electrons. The molecule has 0 aliphatic carbocycles. The monoisotopic (exact) mass is 401 g/mol. The lowest BCUT2D eigenvalue weighted by atomic mass is 10.2. The van der Waals surface area contributed by atoms with Crippen LogP contribution >= 0.6 is 0 Å². The van der Waals surface area contributed by atoms with Gasteiger partial charge in [0.15, 0.2) is 5.96 Å². The maximum absolute atomic E-state index is 12.2. The second kappa shape index (κ2) is 11.4. The number of hydrogen-bond donors (Lipinski definition) is 3. The van der Waals surface area contributed by atoms with E-state index in [4.69, 9.17) is 0 Å². The molecule has 2 amide bonds. The summed E-state index contributed by atoms with van der Waals surface area (Å²) in [5, 5.41) is 9.62. The second-order valence-corrected chi connectivity index (χ2v) is 7.76. The Labute approximate surface area is 174 Å². The maximum atomic E-state index is 12.2. The van der Waals surface area contributed by atoms with E-state index < -0.39 is 0 Å². The van der Waals surface area contributed by atoms with Crippen molar-refractivity contribution >= 4 is 23.5 Å². The fourth-order valence-electron chi connectivity index (χ4n) is 3.27. The van der Waals surface area contributed by atoms with Crippen molar-refractivity contribution in [1.29, 1.82) is 0 Å². The minimum Gasteiger partial charge on any atom is -0.357 e. The molecular weight excluding hydrogens is 366 g/mol. The number of anilines is 1. The Morgan fingerprint density at radius 3 is 2.55 bits per heavy atom. The summed E-state index contributed by atoms with van der Waals surface area (Å²) in [6, 6.07) is 7.99. The van der Waals surface area contributed by atoms with Crippen LogP contribution in [0.25, 0.3) is 0 Å². The van der Waals surface area contributed by atoms with E-state index in [1.807, 2.05) is 56.9 Å². The highest BCUT2D eigenvalue weighted by Crippen LogP contribution is 2.13. The Hall–Kier alpha value is -2.57. The number of benzene rings is 1. The lowest BCUT2D eigenvalue weighted by molar-refractivity contribution is -0.133. The lowest BCUT2D eigenvalue weighted by Crippen LogP contribution is -2.45. The van der Waals surface area contributed by atoms with Crippen LogP contribution in [0.15, 0.2) is 29.3 Å². The van der Waals surface area contributed by atoms with Gasteiger partial charge in [0.25, 0.3) is 0 Å². The van der Waals surface area contributed by atoms with Crippen LogP contribution in [0.2, 0.25) is 0 Å². The fraction of sp³-hybridized carbons (Fsp3) is 0.591. The number of nitrogens with zero attached hydrogens (tertiary/aromatic N) is 2. The molecule has 1 unspecified atom stereocenters. The highest BCUT2D eigenvalue weighted by molar-refractivity contribution is 5.90. The molecule has 1 aliphatic rings. The predicted molar refractivity (Wildman–Crippen MR) is 118 cm³/mol. The number of rotatable bonds is 8. The lowest BCUT2D eigenvalue weighted by Gasteiger charge is -2.20. The molecule has 2 rings (SSSR count). The van der Waals surface area contributed by atoms with E-state index in [9.17, 15) is 9.59 Å². The number of amides is 2. The van der Waals surface area contributed by atoms with Crippen LogP contribution in [0, 0.1) is 5.92 Å². The molecule has 0 saturated carbocycles. The van der Waals surface area contributed by atoms with Crippen LogP contribution in [0.3, 0.4) is 0 Å². The first kappa shape index (κ1) is 22.7. The van der Waals surface area contributed by atoms with Gasteiger partial charge in [-0.05, 0) is 37.5 Å². The average molecular weight is 402 g/mol. The van der Waals surface area contributed by atoms with Gasteiger partial charge in [0.1, 0.15) is 0 Å². The van der Waals surface area contributed by atoms with Crippen molar-refractivity contribution in [1.82, 2.24) is 15.5 Å². The summed E-state index contributed by atoms with van der Waals surface area (Å²) < 4.78 is 0. The first-order valence-electron chi connectivity index (χ1n) is 10.6. The minimum atomic E-state index is 0.0328. The van der Waals surface area contributed by atoms with Crippen molar-refractivity contribution in [3.8, 4) is 0 Å². The molecule has 1 heterocycles. The molecule has 0 bridgehead atoms. The van der Waals surface area contributed by atoms with E-state index in [0.717, 1.165) is 43.1 Å². The maximum Gasteiger partial charge on any atom is 0.225 e. The largest absolute Gasteiger partial charge is 0.357 e. The molecular formula is C22H35N5O2. The molecule has 1 fully saturated rings. The molecule has 3 N–H and O–H groups in total. The van der Waals surface area contributed by atoms with Crippen molar-refractivity contribution in [2.75, 3.05) is 25.0 Å². The van der Waals surface area contributed by atoms with Crippen molar-refractivity contribution in [3.63, 3.8) is 0 Å². The van der Waals surface area contributed by atoms with Gasteiger partial charge in [0.2, 0.25) is 11.8 Å². The second-order valence-electron chi connectivity index (χ2n) is 7.76. The summed E-state index contributed by atoms with van der Waals surface area (Å²) in [6.45, 7) is 10.7. The summed E-state index contributed by atoms with van der Waals surface area (Å²) >= 11 is 0. The number of carbonyl (C=O) groups excluding carboxylic acids is 2. The summed E-state index contributed by atoms with van der Waals surface area (Å²) in [5.74, 6) is 1.04. The van der Waals surface area contributed by atoms with Gasteiger partial charge in [-0.15, -0.1) is 0 Å². The third-order valence-corrected chi connectivity index (χ3v) is 4.81. The molecule has 1 saturated heterocycles. The fourth-order valence-corrected chi connectivity index (χ4v) is 3.27. The smallest absolute Gasteiger partial charge is 0.225 e. The molecule has 1 aromatic carbocycles. The summed E-state index contributed by atoms with van der Waals surface area (Å²) in [6.07, 6.45) is 2.30. The van der Waals surface area contributed by atoms with Crippen molar-refractivity contribution in [2.45, 2.75) is 59.5 Å². The Kier molecular flexibility index (Phi) is 8.96. The van der Waals surface area contributed by atoms with E-state index in [2.05, 4.69) is 20.9 Å². The Morgan fingerprint density at radius 2 is 1.93 bits per heavy atom. The normalized spacial score (nSPS) is 16.8. The van der Waals surface area contributed by atoms with Crippen molar-refractivity contribution < 1.29 is 9.59 Å². The zero-order valence-electron chi connectivity index (χ0n) is 18.1. The molecule has 1 aliphatic heterocycles. The minimum absolute atomic E-state index is 0.0328. The molecule has 1 aromatic rings. The zero-order valence-corrected chi connectivity index (χ0v) is 18.1. The van der Waals surface area contributed by atoms with Crippen LogP contribution in [0.1, 0.15) is 52.5 Å². The third kappa shape index (κ3) is 7.40. The highest BCUT2D eigenvalue weighted by atomic mass is 16.2. The number of carbonyl (C=O) groups is 2. The van der Waals surface area contributed by atoms with Crippen molar-refractivity contribution in [3.05, 3.63) is 29.8 Å². The summed E-state index contributed by atoms with van der Waals surface area (Å²) in [4.78, 5) is 30.5. The number of aliphatic imine (C=N–C) groups is 1. The number of nitrogens with one attached hydrogen (secondary N) is 3. The first-order valence-corrected chi connectivity index (χ1v) is 10.6. The molecule has 29 heavy (non-hydrogen) atoms. The predicted octanol–water partition coefficient (Wildman–Crippen LogP) is 2.74. The van der Waals surface area contributed by atoms with E-state index in [1.54, 1.807) is 0 Å². The number of guanidine groups is 1. The summed E-state index contributed by atoms with van der Waals surface area (Å²) in [7, 11) is 0. The number of likely N-dealkylation sites (tertiary alicyclic amines) is 1. The van der Waals surface area contributed by atoms with Crippen LogP contribution < -0.4 is 16.0 Å². The van der Waals surface area contributed by atoms with E-state index in [1.165, 1.54) is 0 Å². The first-order chi connectivity index (χ1) is 13.9. The van der Waals surface area contributed by atoms with Gasteiger partial charge in [0.05, 0.1) is 6.54 Å². The molecule has 7 heteroatoms. The SMILES string of the molecule is CCCC(=O)Nc1ccc(CN=C(NCC)NC2CCN(C(=O)C(C)C)C2)cc1. The topological polar surface area (TPSA) is 85.8 Å². The van der Waals surface area contributed by atoms with Crippen LogP contribution in [0.5, 0.6) is 0 Å². The third-order valence-electron chi connectivity index (χ3n) is 4.81. The van der Waals surface area contributed by atoms with Crippen LogP contribution in [0.4, 0.5) is 5.69 Å². The molecule has 160 valence electrons. The van der Waals surface area contributed by atoms with Gasteiger partial charge in [-0.3, -0.25) is 9.59 Å². The molecule has 7 nitrogen and oxygen atoms in total. The van der Waals surface area contributed by atoms with Crippen LogP contribution in [-0.4, -0.2) is 48.3 Å². The molecule has 0 aromatic heterocycles. The molecule has 0 spiro atoms. The Bertz CT molecular complexity index is 700. The Balaban J connectivity index is 1.90. The van der Waals surface area contributed by atoms with Gasteiger partial charge in [0, 0.05) is 43.7 Å². The van der Waals surface area contributed by atoms with E-state index in [0.29, 0.717) is 19.5 Å². The standard InChI is InChI=1S/C22H35N5O2/c1-5-7-20(28)25-18-10-8-17(9-11-18)14-24-22(23-6-2)26-19-12-13-27(15-19)21(29)16(3)4/h8-11,16,19H,5-7,12-15H2,1-4H3,(H,25,28)(H2,23,24,26). The molecule has 1 atom stereocenters.